The zero-order valence-corrected chi connectivity index (χ0v) is 15.1. The molecule has 0 aromatic heterocycles. The third kappa shape index (κ3) is 7.78. The summed E-state index contributed by atoms with van der Waals surface area (Å²) in [7, 11) is 1.23. The SMILES string of the molecule is COC(=O)[C@H](CC(C)C)NC(=O)COC(=O)CNC(=O)c1ccccc1. The standard InChI is InChI=1S/C18H24N2O6/c1-12(2)9-14(18(24)25-3)20-15(21)11-26-16(22)10-19-17(23)13-7-5-4-6-8-13/h4-8,12,14H,9-11H2,1-3H3,(H,19,23)(H,20,21)/t14-/m0/s1. The minimum Gasteiger partial charge on any atom is -0.467 e. The van der Waals surface area contributed by atoms with Gasteiger partial charge in [-0.15, -0.1) is 0 Å². The van der Waals surface area contributed by atoms with Gasteiger partial charge in [0.25, 0.3) is 11.8 Å². The predicted molar refractivity (Wildman–Crippen MR) is 93.1 cm³/mol. The van der Waals surface area contributed by atoms with Crippen LogP contribution < -0.4 is 10.6 Å². The van der Waals surface area contributed by atoms with E-state index in [-0.39, 0.29) is 12.5 Å². The minimum atomic E-state index is -0.802. The third-order valence-electron chi connectivity index (χ3n) is 3.32. The molecule has 2 amide bonds. The van der Waals surface area contributed by atoms with E-state index in [1.165, 1.54) is 7.11 Å². The second-order valence-corrected chi connectivity index (χ2v) is 5.98. The Kier molecular flexibility index (Phi) is 8.83. The topological polar surface area (TPSA) is 111 Å². The van der Waals surface area contributed by atoms with Gasteiger partial charge in [-0.25, -0.2) is 4.79 Å². The number of nitrogens with one attached hydrogen (secondary N) is 2. The Morgan fingerprint density at radius 2 is 1.73 bits per heavy atom. The molecule has 8 nitrogen and oxygen atoms in total. The maximum Gasteiger partial charge on any atom is 0.328 e. The first kappa shape index (κ1) is 21.1. The molecule has 0 saturated heterocycles. The average molecular weight is 364 g/mol. The van der Waals surface area contributed by atoms with Gasteiger partial charge in [-0.1, -0.05) is 32.0 Å². The van der Waals surface area contributed by atoms with Gasteiger partial charge >= 0.3 is 11.9 Å². The fraction of sp³-hybridized carbons (Fsp3) is 0.444. The fourth-order valence-electron chi connectivity index (χ4n) is 2.10. The van der Waals surface area contributed by atoms with Crippen LogP contribution in [0.4, 0.5) is 0 Å². The van der Waals surface area contributed by atoms with Crippen LogP contribution in [-0.2, 0) is 23.9 Å². The highest BCUT2D eigenvalue weighted by atomic mass is 16.5. The number of methoxy groups -OCH3 is 1. The Balaban J connectivity index is 2.37. The lowest BCUT2D eigenvalue weighted by Gasteiger charge is -2.18. The van der Waals surface area contributed by atoms with Crippen molar-refractivity contribution >= 4 is 23.8 Å². The van der Waals surface area contributed by atoms with Crippen LogP contribution in [0, 0.1) is 5.92 Å². The number of hydrogen-bond acceptors (Lipinski definition) is 6. The zero-order chi connectivity index (χ0) is 19.5. The van der Waals surface area contributed by atoms with E-state index in [1.807, 2.05) is 13.8 Å². The van der Waals surface area contributed by atoms with Crippen LogP contribution in [0.25, 0.3) is 0 Å². The molecule has 1 aromatic rings. The van der Waals surface area contributed by atoms with Crippen molar-refractivity contribution in [2.24, 2.45) is 5.92 Å². The molecule has 2 N–H and O–H groups in total. The summed E-state index contributed by atoms with van der Waals surface area (Å²) in [5.74, 6) is -2.20. The number of carbonyl (C=O) groups excluding carboxylic acids is 4. The molecule has 1 atom stereocenters. The van der Waals surface area contributed by atoms with Crippen LogP contribution in [-0.4, -0.2) is 50.1 Å². The molecule has 0 spiro atoms. The van der Waals surface area contributed by atoms with Crippen molar-refractivity contribution in [3.8, 4) is 0 Å². The second-order valence-electron chi connectivity index (χ2n) is 5.98. The highest BCUT2D eigenvalue weighted by Gasteiger charge is 2.23. The van der Waals surface area contributed by atoms with E-state index in [0.717, 1.165) is 0 Å². The van der Waals surface area contributed by atoms with Crippen LogP contribution in [0.5, 0.6) is 0 Å². The maximum absolute atomic E-state index is 11.8. The average Bonchev–Trinajstić information content (AvgIpc) is 2.63. The lowest BCUT2D eigenvalue weighted by atomic mass is 10.0. The van der Waals surface area contributed by atoms with Crippen molar-refractivity contribution in [3.05, 3.63) is 35.9 Å². The highest BCUT2D eigenvalue weighted by molar-refractivity contribution is 5.96. The molecule has 1 aromatic carbocycles. The van der Waals surface area contributed by atoms with Crippen molar-refractivity contribution < 1.29 is 28.7 Å². The Hall–Kier alpha value is -2.90. The van der Waals surface area contributed by atoms with E-state index in [0.29, 0.717) is 12.0 Å². The van der Waals surface area contributed by atoms with Crippen LogP contribution >= 0.6 is 0 Å². The Morgan fingerprint density at radius 1 is 1.08 bits per heavy atom. The van der Waals surface area contributed by atoms with Gasteiger partial charge in [0.05, 0.1) is 7.11 Å². The summed E-state index contributed by atoms with van der Waals surface area (Å²) in [6.07, 6.45) is 0.402. The molecule has 142 valence electrons. The Morgan fingerprint density at radius 3 is 2.31 bits per heavy atom. The molecule has 0 bridgehead atoms. The fourth-order valence-corrected chi connectivity index (χ4v) is 2.10. The molecule has 0 saturated carbocycles. The minimum absolute atomic E-state index is 0.162. The Labute approximate surface area is 152 Å². The molecule has 0 aliphatic rings. The predicted octanol–water partition coefficient (Wildman–Crippen LogP) is 0.664. The summed E-state index contributed by atoms with van der Waals surface area (Å²) in [4.78, 5) is 46.9. The Bertz CT molecular complexity index is 630. The van der Waals surface area contributed by atoms with Gasteiger partial charge in [0, 0.05) is 5.56 Å². The first-order valence-electron chi connectivity index (χ1n) is 8.19. The van der Waals surface area contributed by atoms with Crippen LogP contribution in [0.15, 0.2) is 30.3 Å². The number of esters is 2. The summed E-state index contributed by atoms with van der Waals surface area (Å²) < 4.78 is 9.43. The smallest absolute Gasteiger partial charge is 0.328 e. The van der Waals surface area contributed by atoms with Crippen LogP contribution in [0.2, 0.25) is 0 Å². The van der Waals surface area contributed by atoms with E-state index in [4.69, 9.17) is 4.74 Å². The van der Waals surface area contributed by atoms with Gasteiger partial charge in [-0.3, -0.25) is 14.4 Å². The third-order valence-corrected chi connectivity index (χ3v) is 3.32. The van der Waals surface area contributed by atoms with Gasteiger partial charge in [0.2, 0.25) is 0 Å². The summed E-state index contributed by atoms with van der Waals surface area (Å²) in [6.45, 7) is 2.88. The quantitative estimate of drug-likeness (QED) is 0.623. The van der Waals surface area contributed by atoms with Crippen LogP contribution in [0.3, 0.4) is 0 Å². The normalized spacial score (nSPS) is 11.4. The van der Waals surface area contributed by atoms with Gasteiger partial charge in [-0.2, -0.15) is 0 Å². The summed E-state index contributed by atoms with van der Waals surface area (Å²) >= 11 is 0. The highest BCUT2D eigenvalue weighted by Crippen LogP contribution is 2.06. The molecule has 26 heavy (non-hydrogen) atoms. The maximum atomic E-state index is 11.8. The number of hydrogen-bond donors (Lipinski definition) is 2. The number of amides is 2. The van der Waals surface area contributed by atoms with Crippen molar-refractivity contribution in [1.29, 1.82) is 0 Å². The molecule has 0 aliphatic carbocycles. The molecular formula is C18H24N2O6. The summed E-state index contributed by atoms with van der Waals surface area (Å²) in [6, 6.07) is 7.58. The summed E-state index contributed by atoms with van der Waals surface area (Å²) in [5.41, 5.74) is 0.410. The lowest BCUT2D eigenvalue weighted by Crippen LogP contribution is -2.44. The van der Waals surface area contributed by atoms with E-state index in [1.54, 1.807) is 30.3 Å². The van der Waals surface area contributed by atoms with Crippen LogP contribution in [0.1, 0.15) is 30.6 Å². The zero-order valence-electron chi connectivity index (χ0n) is 15.1. The molecule has 0 radical (unpaired) electrons. The molecular weight excluding hydrogens is 340 g/mol. The van der Waals surface area contributed by atoms with Gasteiger partial charge < -0.3 is 20.1 Å². The van der Waals surface area contributed by atoms with E-state index < -0.39 is 36.4 Å². The van der Waals surface area contributed by atoms with E-state index in [9.17, 15) is 19.2 Å². The van der Waals surface area contributed by atoms with Crippen molar-refractivity contribution in [3.63, 3.8) is 0 Å². The lowest BCUT2D eigenvalue weighted by molar-refractivity contribution is -0.149. The first-order valence-corrected chi connectivity index (χ1v) is 8.19. The van der Waals surface area contributed by atoms with E-state index >= 15 is 0 Å². The molecule has 0 unspecified atom stereocenters. The van der Waals surface area contributed by atoms with Gasteiger partial charge in [0.15, 0.2) is 6.61 Å². The molecule has 1 rings (SSSR count). The number of carbonyl (C=O) groups is 4. The van der Waals surface area contributed by atoms with Gasteiger partial charge in [0.1, 0.15) is 12.6 Å². The van der Waals surface area contributed by atoms with Crippen molar-refractivity contribution in [2.75, 3.05) is 20.3 Å². The largest absolute Gasteiger partial charge is 0.467 e. The molecule has 8 heteroatoms. The van der Waals surface area contributed by atoms with E-state index in [2.05, 4.69) is 15.4 Å². The number of rotatable bonds is 9. The first-order chi connectivity index (χ1) is 12.3. The second kappa shape index (κ2) is 10.9. The van der Waals surface area contributed by atoms with Crippen molar-refractivity contribution in [1.82, 2.24) is 10.6 Å². The number of benzene rings is 1. The molecule has 0 heterocycles. The van der Waals surface area contributed by atoms with Crippen molar-refractivity contribution in [2.45, 2.75) is 26.3 Å². The number of ether oxygens (including phenoxy) is 2. The van der Waals surface area contributed by atoms with Gasteiger partial charge in [-0.05, 0) is 24.5 Å². The molecule has 0 fully saturated rings. The monoisotopic (exact) mass is 364 g/mol. The molecule has 0 aliphatic heterocycles. The summed E-state index contributed by atoms with van der Waals surface area (Å²) in [5, 5.41) is 4.86.